The molecule has 80 valence electrons. The highest BCUT2D eigenvalue weighted by Gasteiger charge is 2.49. The Kier molecular flexibility index (Phi) is 2.70. The molecular formula is C13H22O. The fourth-order valence-corrected chi connectivity index (χ4v) is 3.54. The minimum Gasteiger partial charge on any atom is -0.374 e. The maximum Gasteiger partial charge on any atom is 0.0714 e. The van der Waals surface area contributed by atoms with Crippen molar-refractivity contribution in [3.8, 4) is 0 Å². The Balaban J connectivity index is 2.26. The number of hydrogen-bond donors (Lipinski definition) is 0. The molecule has 0 spiro atoms. The molecule has 3 unspecified atom stereocenters. The van der Waals surface area contributed by atoms with Crippen LogP contribution in [0.5, 0.6) is 0 Å². The van der Waals surface area contributed by atoms with Gasteiger partial charge < -0.3 is 4.74 Å². The van der Waals surface area contributed by atoms with Gasteiger partial charge in [0.05, 0.1) is 12.2 Å². The van der Waals surface area contributed by atoms with Gasteiger partial charge in [-0.05, 0) is 37.0 Å². The molecular weight excluding hydrogens is 172 g/mol. The molecule has 0 radical (unpaired) electrons. The summed E-state index contributed by atoms with van der Waals surface area (Å²) in [5.41, 5.74) is 0.189. The third-order valence-electron chi connectivity index (χ3n) is 4.34. The molecule has 0 amide bonds. The summed E-state index contributed by atoms with van der Waals surface area (Å²) in [5, 5.41) is 0. The van der Waals surface area contributed by atoms with Crippen molar-refractivity contribution in [1.29, 1.82) is 0 Å². The Bertz CT molecular complexity index is 227. The Morgan fingerprint density at radius 3 is 2.71 bits per heavy atom. The predicted octanol–water partition coefficient (Wildman–Crippen LogP) is 3.40. The molecule has 1 heteroatoms. The van der Waals surface area contributed by atoms with Crippen LogP contribution in [-0.4, -0.2) is 12.2 Å². The van der Waals surface area contributed by atoms with Crippen LogP contribution in [0.2, 0.25) is 0 Å². The van der Waals surface area contributed by atoms with E-state index in [0.717, 1.165) is 18.4 Å². The molecule has 3 atom stereocenters. The van der Waals surface area contributed by atoms with Gasteiger partial charge in [0.1, 0.15) is 0 Å². The molecule has 2 aliphatic rings. The van der Waals surface area contributed by atoms with Gasteiger partial charge in [-0.3, -0.25) is 0 Å². The quantitative estimate of drug-likeness (QED) is 0.612. The molecule has 0 aromatic carbocycles. The maximum atomic E-state index is 6.12. The lowest BCUT2D eigenvalue weighted by Crippen LogP contribution is -2.40. The van der Waals surface area contributed by atoms with Crippen LogP contribution in [0.15, 0.2) is 12.2 Å². The molecule has 2 rings (SSSR count). The molecule has 14 heavy (non-hydrogen) atoms. The highest BCUT2D eigenvalue weighted by atomic mass is 16.5. The summed E-state index contributed by atoms with van der Waals surface area (Å²) in [7, 11) is 0. The van der Waals surface area contributed by atoms with Gasteiger partial charge in [-0.2, -0.15) is 0 Å². The zero-order valence-electron chi connectivity index (χ0n) is 9.62. The summed E-state index contributed by atoms with van der Waals surface area (Å²) < 4.78 is 6.12. The number of rotatable bonds is 2. The predicted molar refractivity (Wildman–Crippen MR) is 59.2 cm³/mol. The van der Waals surface area contributed by atoms with E-state index in [9.17, 15) is 0 Å². The summed E-state index contributed by atoms with van der Waals surface area (Å²) in [6.45, 7) is 7.89. The van der Waals surface area contributed by atoms with Gasteiger partial charge in [0.2, 0.25) is 0 Å². The molecule has 0 N–H and O–H groups in total. The lowest BCUT2D eigenvalue weighted by atomic mass is 9.68. The van der Waals surface area contributed by atoms with E-state index in [-0.39, 0.29) is 5.60 Å². The van der Waals surface area contributed by atoms with Crippen LogP contribution in [-0.2, 0) is 4.74 Å². The van der Waals surface area contributed by atoms with E-state index in [1.54, 1.807) is 0 Å². The van der Waals surface area contributed by atoms with Gasteiger partial charge in [0, 0.05) is 0 Å². The van der Waals surface area contributed by atoms with Gasteiger partial charge in [-0.1, -0.05) is 32.9 Å². The number of fused-ring (bicyclic) bond motifs is 1. The van der Waals surface area contributed by atoms with Crippen molar-refractivity contribution in [2.75, 3.05) is 6.61 Å². The first-order valence-corrected chi connectivity index (χ1v) is 6.04. The topological polar surface area (TPSA) is 9.23 Å². The first kappa shape index (κ1) is 10.2. The zero-order chi connectivity index (χ0) is 10.2. The summed E-state index contributed by atoms with van der Waals surface area (Å²) in [5.74, 6) is 2.26. The van der Waals surface area contributed by atoms with Gasteiger partial charge in [0.15, 0.2) is 0 Å². The van der Waals surface area contributed by atoms with Crippen molar-refractivity contribution in [2.24, 2.45) is 17.8 Å². The standard InChI is InChI=1S/C13H22O/c1-4-13(5-2)12-10(3)7-6-8-11(12)9-14-13/h6-7,10-12H,4-5,8-9H2,1-3H3. The molecule has 1 heterocycles. The fourth-order valence-electron chi connectivity index (χ4n) is 3.54. The molecule has 0 bridgehead atoms. The number of hydrogen-bond acceptors (Lipinski definition) is 1. The van der Waals surface area contributed by atoms with E-state index < -0.39 is 0 Å². The summed E-state index contributed by atoms with van der Waals surface area (Å²) in [6, 6.07) is 0. The Morgan fingerprint density at radius 2 is 2.07 bits per heavy atom. The van der Waals surface area contributed by atoms with Gasteiger partial charge in [-0.25, -0.2) is 0 Å². The third kappa shape index (κ3) is 1.33. The van der Waals surface area contributed by atoms with Crippen molar-refractivity contribution >= 4 is 0 Å². The molecule has 0 aromatic heterocycles. The van der Waals surface area contributed by atoms with Crippen LogP contribution in [0, 0.1) is 17.8 Å². The number of allylic oxidation sites excluding steroid dienone is 2. The Labute approximate surface area is 87.5 Å². The first-order valence-electron chi connectivity index (χ1n) is 6.04. The monoisotopic (exact) mass is 194 g/mol. The Hall–Kier alpha value is -0.300. The molecule has 1 fully saturated rings. The zero-order valence-corrected chi connectivity index (χ0v) is 9.62. The minimum absolute atomic E-state index is 0.189. The molecule has 1 nitrogen and oxygen atoms in total. The minimum atomic E-state index is 0.189. The second kappa shape index (κ2) is 3.69. The lowest BCUT2D eigenvalue weighted by Gasteiger charge is -2.38. The van der Waals surface area contributed by atoms with Crippen LogP contribution in [0.25, 0.3) is 0 Å². The van der Waals surface area contributed by atoms with Crippen molar-refractivity contribution in [3.63, 3.8) is 0 Å². The van der Waals surface area contributed by atoms with E-state index in [4.69, 9.17) is 4.74 Å². The van der Waals surface area contributed by atoms with Gasteiger partial charge in [-0.15, -0.1) is 0 Å². The SMILES string of the molecule is CCC1(CC)OCC2CC=CC(C)C21. The average molecular weight is 194 g/mol. The lowest BCUT2D eigenvalue weighted by molar-refractivity contribution is -0.0362. The van der Waals surface area contributed by atoms with Gasteiger partial charge >= 0.3 is 0 Å². The van der Waals surface area contributed by atoms with Crippen LogP contribution in [0.4, 0.5) is 0 Å². The second-order valence-electron chi connectivity index (χ2n) is 4.89. The fraction of sp³-hybridized carbons (Fsp3) is 0.846. The smallest absolute Gasteiger partial charge is 0.0714 e. The molecule has 0 saturated carbocycles. The molecule has 1 saturated heterocycles. The van der Waals surface area contributed by atoms with Crippen molar-refractivity contribution < 1.29 is 4.74 Å². The normalized spacial score (nSPS) is 39.8. The van der Waals surface area contributed by atoms with Crippen LogP contribution < -0.4 is 0 Å². The Morgan fingerprint density at radius 1 is 1.36 bits per heavy atom. The van der Waals surface area contributed by atoms with Crippen LogP contribution in [0.1, 0.15) is 40.0 Å². The summed E-state index contributed by atoms with van der Waals surface area (Å²) >= 11 is 0. The largest absolute Gasteiger partial charge is 0.374 e. The van der Waals surface area contributed by atoms with Crippen molar-refractivity contribution in [3.05, 3.63) is 12.2 Å². The second-order valence-corrected chi connectivity index (χ2v) is 4.89. The van der Waals surface area contributed by atoms with E-state index >= 15 is 0 Å². The van der Waals surface area contributed by atoms with Crippen molar-refractivity contribution in [2.45, 2.75) is 45.6 Å². The third-order valence-corrected chi connectivity index (χ3v) is 4.34. The first-order chi connectivity index (χ1) is 6.73. The molecule has 1 aliphatic carbocycles. The average Bonchev–Trinajstić information content (AvgIpc) is 2.59. The van der Waals surface area contributed by atoms with E-state index in [1.807, 2.05) is 0 Å². The number of ether oxygens (including phenoxy) is 1. The van der Waals surface area contributed by atoms with Crippen molar-refractivity contribution in [1.82, 2.24) is 0 Å². The van der Waals surface area contributed by atoms with E-state index in [1.165, 1.54) is 19.3 Å². The van der Waals surface area contributed by atoms with E-state index in [2.05, 4.69) is 32.9 Å². The molecule has 0 aromatic rings. The highest BCUT2D eigenvalue weighted by molar-refractivity contribution is 5.08. The highest BCUT2D eigenvalue weighted by Crippen LogP contribution is 2.48. The van der Waals surface area contributed by atoms with Crippen LogP contribution in [0.3, 0.4) is 0 Å². The van der Waals surface area contributed by atoms with E-state index in [0.29, 0.717) is 5.92 Å². The summed E-state index contributed by atoms with van der Waals surface area (Å²) in [6.07, 6.45) is 8.30. The van der Waals surface area contributed by atoms with Crippen LogP contribution >= 0.6 is 0 Å². The summed E-state index contributed by atoms with van der Waals surface area (Å²) in [4.78, 5) is 0. The molecule has 1 aliphatic heterocycles. The maximum absolute atomic E-state index is 6.12. The van der Waals surface area contributed by atoms with Gasteiger partial charge in [0.25, 0.3) is 0 Å².